The molecular formula is C15H16N4O2. The molecule has 0 radical (unpaired) electrons. The molecule has 0 saturated carbocycles. The molecule has 0 atom stereocenters. The molecule has 1 aromatic carbocycles. The molecule has 21 heavy (non-hydrogen) atoms. The predicted molar refractivity (Wildman–Crippen MR) is 81.5 cm³/mol. The van der Waals surface area contributed by atoms with Gasteiger partial charge in [-0.15, -0.1) is 0 Å². The maximum absolute atomic E-state index is 11.6. The fourth-order valence-corrected chi connectivity index (χ4v) is 1.56. The van der Waals surface area contributed by atoms with E-state index in [1.54, 1.807) is 37.9 Å². The number of methoxy groups -OCH3 is 1. The highest BCUT2D eigenvalue weighted by atomic mass is 16.5. The van der Waals surface area contributed by atoms with E-state index in [4.69, 9.17) is 4.74 Å². The highest BCUT2D eigenvalue weighted by Crippen LogP contribution is 2.14. The lowest BCUT2D eigenvalue weighted by molar-refractivity contribution is -0.119. The molecule has 2 rings (SSSR count). The molecule has 1 aromatic heterocycles. The van der Waals surface area contributed by atoms with Crippen LogP contribution in [0, 0.1) is 0 Å². The number of ether oxygens (including phenoxy) is 1. The van der Waals surface area contributed by atoms with Gasteiger partial charge in [0.05, 0.1) is 19.9 Å². The van der Waals surface area contributed by atoms with E-state index in [2.05, 4.69) is 20.8 Å². The number of hydrogen-bond donors (Lipinski definition) is 2. The number of rotatable bonds is 6. The number of nitrogens with one attached hydrogen (secondary N) is 2. The van der Waals surface area contributed by atoms with Crippen LogP contribution in [-0.2, 0) is 4.79 Å². The molecular weight excluding hydrogens is 268 g/mol. The van der Waals surface area contributed by atoms with E-state index in [9.17, 15) is 4.79 Å². The van der Waals surface area contributed by atoms with Gasteiger partial charge in [0, 0.05) is 18.1 Å². The van der Waals surface area contributed by atoms with Crippen LogP contribution in [0.3, 0.4) is 0 Å². The second kappa shape index (κ2) is 7.64. The van der Waals surface area contributed by atoms with Crippen LogP contribution in [0.25, 0.3) is 0 Å². The Hall–Kier alpha value is -2.89. The second-order valence-corrected chi connectivity index (χ2v) is 4.16. The number of benzene rings is 1. The lowest BCUT2D eigenvalue weighted by atomic mass is 10.3. The van der Waals surface area contributed by atoms with Crippen molar-refractivity contribution < 1.29 is 9.53 Å². The molecule has 0 spiro atoms. The van der Waals surface area contributed by atoms with Gasteiger partial charge in [-0.3, -0.25) is 9.78 Å². The van der Waals surface area contributed by atoms with Crippen molar-refractivity contribution in [3.63, 3.8) is 0 Å². The number of anilines is 1. The van der Waals surface area contributed by atoms with E-state index in [1.807, 2.05) is 24.3 Å². The van der Waals surface area contributed by atoms with Gasteiger partial charge in [-0.25, -0.2) is 5.43 Å². The number of carbonyl (C=O) groups is 1. The highest BCUT2D eigenvalue weighted by Gasteiger charge is 1.99. The Balaban J connectivity index is 1.75. The van der Waals surface area contributed by atoms with E-state index in [-0.39, 0.29) is 12.5 Å². The van der Waals surface area contributed by atoms with Gasteiger partial charge in [0.25, 0.3) is 5.91 Å². The van der Waals surface area contributed by atoms with Gasteiger partial charge < -0.3 is 10.1 Å². The van der Waals surface area contributed by atoms with E-state index in [1.165, 1.54) is 0 Å². The van der Waals surface area contributed by atoms with Crippen LogP contribution in [0.15, 0.2) is 53.9 Å². The summed E-state index contributed by atoms with van der Waals surface area (Å²) >= 11 is 0. The first-order valence-corrected chi connectivity index (χ1v) is 6.38. The number of nitrogens with zero attached hydrogens (tertiary/aromatic N) is 2. The molecule has 108 valence electrons. The summed E-state index contributed by atoms with van der Waals surface area (Å²) in [6.45, 7) is 0.139. The summed E-state index contributed by atoms with van der Waals surface area (Å²) in [5, 5.41) is 6.86. The Morgan fingerprint density at radius 2 is 1.95 bits per heavy atom. The van der Waals surface area contributed by atoms with E-state index < -0.39 is 0 Å². The summed E-state index contributed by atoms with van der Waals surface area (Å²) in [4.78, 5) is 15.5. The van der Waals surface area contributed by atoms with Crippen molar-refractivity contribution >= 4 is 17.8 Å². The summed E-state index contributed by atoms with van der Waals surface area (Å²) < 4.78 is 5.06. The third-order valence-electron chi connectivity index (χ3n) is 2.65. The maximum Gasteiger partial charge on any atom is 0.259 e. The van der Waals surface area contributed by atoms with Crippen molar-refractivity contribution in [3.8, 4) is 5.75 Å². The van der Waals surface area contributed by atoms with Gasteiger partial charge in [0.1, 0.15) is 5.75 Å². The average Bonchev–Trinajstić information content (AvgIpc) is 2.54. The van der Waals surface area contributed by atoms with Crippen molar-refractivity contribution in [1.82, 2.24) is 10.4 Å². The van der Waals surface area contributed by atoms with Crippen molar-refractivity contribution in [2.45, 2.75) is 0 Å². The van der Waals surface area contributed by atoms with Gasteiger partial charge in [-0.1, -0.05) is 0 Å². The Morgan fingerprint density at radius 3 is 2.62 bits per heavy atom. The number of hydrazone groups is 1. The monoisotopic (exact) mass is 284 g/mol. The quantitative estimate of drug-likeness (QED) is 0.625. The first-order valence-electron chi connectivity index (χ1n) is 6.38. The molecule has 0 aliphatic rings. The number of amides is 1. The normalized spacial score (nSPS) is 10.3. The van der Waals surface area contributed by atoms with Crippen LogP contribution in [0.5, 0.6) is 5.75 Å². The zero-order chi connectivity index (χ0) is 14.9. The summed E-state index contributed by atoms with van der Waals surface area (Å²) in [5.74, 6) is 0.545. The largest absolute Gasteiger partial charge is 0.497 e. The first-order chi connectivity index (χ1) is 10.3. The van der Waals surface area contributed by atoms with Crippen LogP contribution < -0.4 is 15.5 Å². The number of carbonyl (C=O) groups excluding carboxylic acids is 1. The standard InChI is InChI=1S/C15H16N4O2/c1-21-14-4-2-13(3-5-14)17-11-15(20)19-18-10-12-6-8-16-9-7-12/h2-10,17H,11H2,1H3,(H,19,20)/b18-10-. The van der Waals surface area contributed by atoms with Crippen molar-refractivity contribution in [2.75, 3.05) is 19.0 Å². The summed E-state index contributed by atoms with van der Waals surface area (Å²) in [5.41, 5.74) is 4.15. The highest BCUT2D eigenvalue weighted by molar-refractivity contribution is 5.84. The van der Waals surface area contributed by atoms with Crippen molar-refractivity contribution in [3.05, 3.63) is 54.4 Å². The molecule has 1 heterocycles. The molecule has 1 amide bonds. The van der Waals surface area contributed by atoms with Gasteiger partial charge >= 0.3 is 0 Å². The number of aromatic nitrogens is 1. The molecule has 0 unspecified atom stereocenters. The van der Waals surface area contributed by atoms with Crippen molar-refractivity contribution in [1.29, 1.82) is 0 Å². The fraction of sp³-hybridized carbons (Fsp3) is 0.133. The predicted octanol–water partition coefficient (Wildman–Crippen LogP) is 1.65. The van der Waals surface area contributed by atoms with Gasteiger partial charge in [-0.05, 0) is 42.0 Å². The Bertz CT molecular complexity index is 597. The minimum atomic E-state index is -0.226. The Labute approximate surface area is 122 Å². The molecule has 2 aromatic rings. The maximum atomic E-state index is 11.6. The lowest BCUT2D eigenvalue weighted by Gasteiger charge is -2.06. The van der Waals surface area contributed by atoms with Crippen LogP contribution in [0.2, 0.25) is 0 Å². The second-order valence-electron chi connectivity index (χ2n) is 4.16. The van der Waals surface area contributed by atoms with Gasteiger partial charge in [-0.2, -0.15) is 5.10 Å². The molecule has 0 bridgehead atoms. The van der Waals surface area contributed by atoms with Crippen LogP contribution in [0.4, 0.5) is 5.69 Å². The smallest absolute Gasteiger partial charge is 0.259 e. The molecule has 0 saturated heterocycles. The molecule has 6 heteroatoms. The topological polar surface area (TPSA) is 75.6 Å². The van der Waals surface area contributed by atoms with Crippen LogP contribution in [0.1, 0.15) is 5.56 Å². The zero-order valence-corrected chi connectivity index (χ0v) is 11.6. The third kappa shape index (κ3) is 4.94. The van der Waals surface area contributed by atoms with Crippen LogP contribution in [-0.4, -0.2) is 30.8 Å². The number of hydrogen-bond acceptors (Lipinski definition) is 5. The molecule has 0 fully saturated rings. The van der Waals surface area contributed by atoms with Gasteiger partial charge in [0.15, 0.2) is 0 Å². The summed E-state index contributed by atoms with van der Waals surface area (Å²) in [6, 6.07) is 10.9. The summed E-state index contributed by atoms with van der Waals surface area (Å²) in [6.07, 6.45) is 4.88. The Kier molecular flexibility index (Phi) is 5.28. The molecule has 6 nitrogen and oxygen atoms in total. The Morgan fingerprint density at radius 1 is 1.24 bits per heavy atom. The van der Waals surface area contributed by atoms with E-state index in [0.717, 1.165) is 17.0 Å². The fourth-order valence-electron chi connectivity index (χ4n) is 1.56. The van der Waals surface area contributed by atoms with Gasteiger partial charge in [0.2, 0.25) is 0 Å². The number of pyridine rings is 1. The average molecular weight is 284 g/mol. The third-order valence-corrected chi connectivity index (χ3v) is 2.65. The zero-order valence-electron chi connectivity index (χ0n) is 11.6. The SMILES string of the molecule is COc1ccc(NCC(=O)N/N=C\c2ccncc2)cc1. The minimum absolute atomic E-state index is 0.139. The molecule has 0 aliphatic carbocycles. The lowest BCUT2D eigenvalue weighted by Crippen LogP contribution is -2.25. The van der Waals surface area contributed by atoms with Crippen molar-refractivity contribution in [2.24, 2.45) is 5.10 Å². The van der Waals surface area contributed by atoms with Crippen LogP contribution >= 0.6 is 0 Å². The first kappa shape index (κ1) is 14.5. The molecule has 2 N–H and O–H groups in total. The molecule has 0 aliphatic heterocycles. The minimum Gasteiger partial charge on any atom is -0.497 e. The van der Waals surface area contributed by atoms with E-state index in [0.29, 0.717) is 0 Å². The van der Waals surface area contributed by atoms with E-state index >= 15 is 0 Å². The summed E-state index contributed by atoms with van der Waals surface area (Å²) in [7, 11) is 1.61.